The van der Waals surface area contributed by atoms with E-state index in [1.807, 2.05) is 38.1 Å². The molecule has 1 aliphatic heterocycles. The van der Waals surface area contributed by atoms with Gasteiger partial charge in [0.2, 0.25) is 0 Å². The van der Waals surface area contributed by atoms with Crippen LogP contribution in [0.4, 0.5) is 4.79 Å². The molecule has 1 saturated heterocycles. The highest BCUT2D eigenvalue weighted by Gasteiger charge is 2.35. The van der Waals surface area contributed by atoms with E-state index in [0.29, 0.717) is 26.2 Å². The summed E-state index contributed by atoms with van der Waals surface area (Å²) in [5, 5.41) is 5.71. The number of methoxy groups -OCH3 is 2. The third-order valence-electron chi connectivity index (χ3n) is 5.24. The van der Waals surface area contributed by atoms with Gasteiger partial charge in [-0.25, -0.2) is 9.59 Å². The number of ether oxygens (including phenoxy) is 3. The lowest BCUT2D eigenvalue weighted by Gasteiger charge is -2.38. The van der Waals surface area contributed by atoms with Crippen molar-refractivity contribution in [3.63, 3.8) is 0 Å². The van der Waals surface area contributed by atoms with Gasteiger partial charge >= 0.3 is 12.0 Å². The first kappa shape index (κ1) is 22.0. The maximum absolute atomic E-state index is 12.5. The number of rotatable bonds is 8. The first-order valence-corrected chi connectivity index (χ1v) is 9.74. The molecule has 7 heteroatoms. The highest BCUT2D eigenvalue weighted by Crippen LogP contribution is 2.35. The second kappa shape index (κ2) is 10.3. The van der Waals surface area contributed by atoms with Crippen LogP contribution in [0.1, 0.15) is 38.7 Å². The van der Waals surface area contributed by atoms with Crippen LogP contribution in [0.15, 0.2) is 24.3 Å². The molecule has 28 heavy (non-hydrogen) atoms. The standard InChI is InChI=1S/C21H32N2O5/c1-15(2)13-18(19(24)27-4)23-20(25)22-14-21(9-11-28-12-10-21)16-5-7-17(26-3)8-6-16/h5-8,15,18H,9-14H2,1-4H3,(H2,22,23,25)/t18-/m0/s1. The summed E-state index contributed by atoms with van der Waals surface area (Å²) in [6.07, 6.45) is 2.15. The van der Waals surface area contributed by atoms with Crippen molar-refractivity contribution in [2.45, 2.75) is 44.6 Å². The molecule has 1 aliphatic rings. The van der Waals surface area contributed by atoms with Crippen LogP contribution in [0.5, 0.6) is 5.75 Å². The lowest BCUT2D eigenvalue weighted by molar-refractivity contribution is -0.143. The molecule has 0 saturated carbocycles. The molecule has 2 rings (SSSR count). The summed E-state index contributed by atoms with van der Waals surface area (Å²) in [4.78, 5) is 24.4. The van der Waals surface area contributed by atoms with Gasteiger partial charge < -0.3 is 24.8 Å². The molecule has 7 nitrogen and oxygen atoms in total. The van der Waals surface area contributed by atoms with Gasteiger partial charge in [0.15, 0.2) is 0 Å². The third kappa shape index (κ3) is 5.86. The topological polar surface area (TPSA) is 85.9 Å². The molecule has 1 heterocycles. The fourth-order valence-electron chi connectivity index (χ4n) is 3.56. The van der Waals surface area contributed by atoms with Gasteiger partial charge in [-0.2, -0.15) is 0 Å². The zero-order chi connectivity index (χ0) is 20.6. The van der Waals surface area contributed by atoms with Gasteiger partial charge in [-0.3, -0.25) is 0 Å². The van der Waals surface area contributed by atoms with Crippen LogP contribution in [0, 0.1) is 5.92 Å². The van der Waals surface area contributed by atoms with E-state index in [9.17, 15) is 9.59 Å². The molecule has 0 bridgehead atoms. The van der Waals surface area contributed by atoms with E-state index in [1.54, 1.807) is 7.11 Å². The first-order chi connectivity index (χ1) is 13.4. The summed E-state index contributed by atoms with van der Waals surface area (Å²) < 4.78 is 15.6. The highest BCUT2D eigenvalue weighted by atomic mass is 16.5. The van der Waals surface area contributed by atoms with Gasteiger partial charge in [-0.05, 0) is 42.9 Å². The Balaban J connectivity index is 2.05. The maximum atomic E-state index is 12.5. The fourth-order valence-corrected chi connectivity index (χ4v) is 3.56. The van der Waals surface area contributed by atoms with E-state index in [1.165, 1.54) is 7.11 Å². The number of urea groups is 1. The van der Waals surface area contributed by atoms with Crippen LogP contribution in [-0.4, -0.2) is 52.0 Å². The lowest BCUT2D eigenvalue weighted by atomic mass is 9.74. The van der Waals surface area contributed by atoms with Gasteiger partial charge in [0.05, 0.1) is 14.2 Å². The smallest absolute Gasteiger partial charge is 0.328 e. The minimum absolute atomic E-state index is 0.208. The third-order valence-corrected chi connectivity index (χ3v) is 5.24. The molecule has 2 N–H and O–H groups in total. The summed E-state index contributed by atoms with van der Waals surface area (Å²) >= 11 is 0. The van der Waals surface area contributed by atoms with Gasteiger partial charge in [-0.1, -0.05) is 26.0 Å². The van der Waals surface area contributed by atoms with Crippen molar-refractivity contribution in [1.82, 2.24) is 10.6 Å². The predicted molar refractivity (Wildman–Crippen MR) is 107 cm³/mol. The van der Waals surface area contributed by atoms with E-state index in [0.717, 1.165) is 24.2 Å². The summed E-state index contributed by atoms with van der Waals surface area (Å²) in [5.41, 5.74) is 0.935. The summed E-state index contributed by atoms with van der Waals surface area (Å²) in [6.45, 7) is 5.75. The molecule has 1 aromatic rings. The Labute approximate surface area is 167 Å². The quantitative estimate of drug-likeness (QED) is 0.664. The molecule has 156 valence electrons. The van der Waals surface area contributed by atoms with Crippen molar-refractivity contribution in [2.75, 3.05) is 34.0 Å². The predicted octanol–water partition coefficient (Wildman–Crippen LogP) is 2.63. The number of benzene rings is 1. The summed E-state index contributed by atoms with van der Waals surface area (Å²) in [6, 6.07) is 6.93. The van der Waals surface area contributed by atoms with E-state index in [-0.39, 0.29) is 17.4 Å². The molecular formula is C21H32N2O5. The number of carbonyl (C=O) groups is 2. The van der Waals surface area contributed by atoms with Gasteiger partial charge in [0.25, 0.3) is 0 Å². The lowest BCUT2D eigenvalue weighted by Crippen LogP contribution is -2.51. The van der Waals surface area contributed by atoms with Crippen LogP contribution in [0.25, 0.3) is 0 Å². The number of amides is 2. The van der Waals surface area contributed by atoms with Crippen molar-refractivity contribution in [2.24, 2.45) is 5.92 Å². The Bertz CT molecular complexity index is 639. The zero-order valence-corrected chi connectivity index (χ0v) is 17.2. The van der Waals surface area contributed by atoms with E-state index >= 15 is 0 Å². The summed E-state index contributed by atoms with van der Waals surface area (Å²) in [5.74, 6) is 0.622. The van der Waals surface area contributed by atoms with Crippen molar-refractivity contribution in [3.05, 3.63) is 29.8 Å². The minimum Gasteiger partial charge on any atom is -0.497 e. The molecular weight excluding hydrogens is 360 g/mol. The second-order valence-corrected chi connectivity index (χ2v) is 7.65. The Hall–Kier alpha value is -2.28. The number of carbonyl (C=O) groups excluding carboxylic acids is 2. The molecule has 1 aromatic carbocycles. The number of hydrogen-bond acceptors (Lipinski definition) is 5. The van der Waals surface area contributed by atoms with Crippen LogP contribution < -0.4 is 15.4 Å². The maximum Gasteiger partial charge on any atom is 0.328 e. The van der Waals surface area contributed by atoms with E-state index in [4.69, 9.17) is 14.2 Å². The van der Waals surface area contributed by atoms with Gasteiger partial charge in [0, 0.05) is 25.2 Å². The SMILES string of the molecule is COC(=O)[C@H](CC(C)C)NC(=O)NCC1(c2ccc(OC)cc2)CCOCC1. The average Bonchev–Trinajstić information content (AvgIpc) is 2.71. The fraction of sp³-hybridized carbons (Fsp3) is 0.619. The molecule has 2 amide bonds. The zero-order valence-electron chi connectivity index (χ0n) is 17.2. The molecule has 0 aliphatic carbocycles. The molecule has 1 fully saturated rings. The number of hydrogen-bond donors (Lipinski definition) is 2. The summed E-state index contributed by atoms with van der Waals surface area (Å²) in [7, 11) is 2.97. The largest absolute Gasteiger partial charge is 0.497 e. The van der Waals surface area contributed by atoms with Crippen LogP contribution >= 0.6 is 0 Å². The van der Waals surface area contributed by atoms with Crippen LogP contribution in [0.3, 0.4) is 0 Å². The molecule has 0 spiro atoms. The molecule has 0 unspecified atom stereocenters. The number of esters is 1. The van der Waals surface area contributed by atoms with E-state index < -0.39 is 12.0 Å². The number of nitrogens with one attached hydrogen (secondary N) is 2. The van der Waals surface area contributed by atoms with Crippen molar-refractivity contribution in [3.8, 4) is 5.75 Å². The van der Waals surface area contributed by atoms with Crippen molar-refractivity contribution >= 4 is 12.0 Å². The van der Waals surface area contributed by atoms with E-state index in [2.05, 4.69) is 10.6 Å². The van der Waals surface area contributed by atoms with Crippen molar-refractivity contribution < 1.29 is 23.8 Å². The highest BCUT2D eigenvalue weighted by molar-refractivity contribution is 5.83. The normalized spacial score (nSPS) is 16.9. The van der Waals surface area contributed by atoms with Crippen LogP contribution in [0.2, 0.25) is 0 Å². The monoisotopic (exact) mass is 392 g/mol. The molecule has 1 atom stereocenters. The van der Waals surface area contributed by atoms with Crippen LogP contribution in [-0.2, 0) is 19.7 Å². The Morgan fingerprint density at radius 1 is 1.14 bits per heavy atom. The average molecular weight is 392 g/mol. The molecule has 0 aromatic heterocycles. The Morgan fingerprint density at radius 2 is 1.79 bits per heavy atom. The second-order valence-electron chi connectivity index (χ2n) is 7.65. The van der Waals surface area contributed by atoms with Crippen molar-refractivity contribution in [1.29, 1.82) is 0 Å². The molecule has 0 radical (unpaired) electrons. The minimum atomic E-state index is -0.656. The Morgan fingerprint density at radius 3 is 2.32 bits per heavy atom. The Kier molecular flexibility index (Phi) is 8.11. The van der Waals surface area contributed by atoms with Gasteiger partial charge in [0.1, 0.15) is 11.8 Å². The first-order valence-electron chi connectivity index (χ1n) is 9.74. The van der Waals surface area contributed by atoms with Gasteiger partial charge in [-0.15, -0.1) is 0 Å².